The molecule has 0 unspecified atom stereocenters. The number of aromatic nitrogens is 8. The van der Waals surface area contributed by atoms with Crippen molar-refractivity contribution in [3.63, 3.8) is 0 Å². The van der Waals surface area contributed by atoms with Gasteiger partial charge in [0.15, 0.2) is 15.5 Å². The van der Waals surface area contributed by atoms with Crippen molar-refractivity contribution in [3.8, 4) is 21.8 Å². The number of sulfone groups is 1. The molecule has 0 spiro atoms. The lowest BCUT2D eigenvalue weighted by Gasteiger charge is -2.39. The molecule has 2 saturated heterocycles. The molecule has 0 saturated carbocycles. The first-order valence-electron chi connectivity index (χ1n) is 14.3. The molecule has 2 bridgehead atoms. The molecule has 3 atom stereocenters. The summed E-state index contributed by atoms with van der Waals surface area (Å²) in [5, 5.41) is 15.4. The van der Waals surface area contributed by atoms with Crippen molar-refractivity contribution in [1.82, 2.24) is 44.9 Å². The van der Waals surface area contributed by atoms with Gasteiger partial charge < -0.3 is 10.6 Å². The number of anilines is 1. The van der Waals surface area contributed by atoms with Crippen LogP contribution in [0.25, 0.3) is 27.5 Å². The molecule has 0 aromatic carbocycles. The molecule has 13 nitrogen and oxygen atoms in total. The number of nitrogens with two attached hydrogens (primary N) is 1. The van der Waals surface area contributed by atoms with Crippen LogP contribution in [0.4, 0.5) is 5.82 Å². The minimum atomic E-state index is -3.74. The van der Waals surface area contributed by atoms with E-state index in [0.29, 0.717) is 35.4 Å². The molecule has 2 aliphatic heterocycles. The fourth-order valence-corrected chi connectivity index (χ4v) is 9.22. The monoisotopic (exact) mass is 616 g/mol. The molecular weight excluding hydrogens is 589 g/mol. The Balaban J connectivity index is 1.17. The number of pyridine rings is 1. The second kappa shape index (κ2) is 9.64. The zero-order valence-electron chi connectivity index (χ0n) is 23.3. The standard InChI is InChI=1S/C28H28N10O3S2/c1-43(40,41)24-23(15-9-16-6-7-17(10-15)37(16)28(39)21-13-31-36-35-21)34-26-18(12-32-38(26)25(24)29)14-5-8-20(30-11-14)27-33-19-3-2-4-22(19)42-27/h5,8,11-13,15-17H,2-4,6-7,9-10,29H2,1H3,(H,31,35,36)/t15-,16+,17-. The van der Waals surface area contributed by atoms with E-state index in [1.165, 1.54) is 21.3 Å². The van der Waals surface area contributed by atoms with E-state index in [4.69, 9.17) is 20.7 Å². The predicted octanol–water partition coefficient (Wildman–Crippen LogP) is 3.06. The molecule has 15 heteroatoms. The first kappa shape index (κ1) is 26.4. The van der Waals surface area contributed by atoms with E-state index in [2.05, 4.69) is 20.5 Å². The highest BCUT2D eigenvalue weighted by atomic mass is 32.2. The number of nitrogens with zero attached hydrogens (tertiary/aromatic N) is 8. The van der Waals surface area contributed by atoms with E-state index in [1.54, 1.807) is 23.7 Å². The topological polar surface area (TPSA) is 178 Å². The second-order valence-electron chi connectivity index (χ2n) is 11.6. The lowest BCUT2D eigenvalue weighted by Crippen LogP contribution is -2.46. The van der Waals surface area contributed by atoms with Crippen LogP contribution in [0, 0.1) is 0 Å². The maximum absolute atomic E-state index is 13.2. The van der Waals surface area contributed by atoms with E-state index < -0.39 is 9.84 Å². The zero-order valence-corrected chi connectivity index (χ0v) is 24.9. The highest BCUT2D eigenvalue weighted by molar-refractivity contribution is 7.91. The molecule has 5 aromatic heterocycles. The Morgan fingerprint density at radius 1 is 1.09 bits per heavy atom. The van der Waals surface area contributed by atoms with Crippen LogP contribution in [-0.2, 0) is 22.7 Å². The summed E-state index contributed by atoms with van der Waals surface area (Å²) < 4.78 is 27.6. The minimum Gasteiger partial charge on any atom is -0.382 e. The fraction of sp³-hybridized carbons (Fsp3) is 0.393. The number of aryl methyl sites for hydroxylation is 2. The SMILES string of the molecule is CS(=O)(=O)c1c([C@H]2C[C@H]3CC[C@@H](C2)N3C(=O)c2cnn[nH]2)nc2c(-c3ccc(-c4nc5c(s4)CCC5)nc3)cnn2c1N. The Kier molecular flexibility index (Phi) is 5.92. The van der Waals surface area contributed by atoms with E-state index in [-0.39, 0.29) is 34.6 Å². The van der Waals surface area contributed by atoms with Crippen LogP contribution < -0.4 is 5.73 Å². The van der Waals surface area contributed by atoms with Gasteiger partial charge >= 0.3 is 0 Å². The number of fused-ring (bicyclic) bond motifs is 4. The van der Waals surface area contributed by atoms with Gasteiger partial charge in [0, 0.05) is 46.5 Å². The Morgan fingerprint density at radius 3 is 2.58 bits per heavy atom. The third kappa shape index (κ3) is 4.24. The van der Waals surface area contributed by atoms with Crippen molar-refractivity contribution < 1.29 is 13.2 Å². The van der Waals surface area contributed by atoms with Crippen molar-refractivity contribution in [2.45, 2.75) is 67.8 Å². The van der Waals surface area contributed by atoms with E-state index >= 15 is 0 Å². The first-order chi connectivity index (χ1) is 20.8. The van der Waals surface area contributed by atoms with Crippen molar-refractivity contribution in [1.29, 1.82) is 0 Å². The summed E-state index contributed by atoms with van der Waals surface area (Å²) in [4.78, 5) is 30.9. The van der Waals surface area contributed by atoms with Crippen LogP contribution in [0.5, 0.6) is 0 Å². The predicted molar refractivity (Wildman–Crippen MR) is 158 cm³/mol. The van der Waals surface area contributed by atoms with E-state index in [9.17, 15) is 13.2 Å². The molecule has 5 aromatic rings. The largest absolute Gasteiger partial charge is 0.382 e. The number of carbonyl (C=O) groups excluding carboxylic acids is 1. The molecule has 8 rings (SSSR count). The summed E-state index contributed by atoms with van der Waals surface area (Å²) >= 11 is 1.70. The van der Waals surface area contributed by atoms with Crippen LogP contribution in [-0.4, -0.2) is 77.5 Å². The molecule has 7 heterocycles. The smallest absolute Gasteiger partial charge is 0.274 e. The number of nitrogens with one attached hydrogen (secondary N) is 1. The average Bonchev–Trinajstić information content (AvgIpc) is 3.81. The number of H-pyrrole nitrogens is 1. The third-order valence-corrected chi connectivity index (χ3v) is 11.3. The van der Waals surface area contributed by atoms with Gasteiger partial charge in [-0.15, -0.1) is 16.4 Å². The normalized spacial score (nSPS) is 21.5. The van der Waals surface area contributed by atoms with E-state index in [1.807, 2.05) is 17.0 Å². The van der Waals surface area contributed by atoms with Crippen molar-refractivity contribution in [2.24, 2.45) is 0 Å². The quantitative estimate of drug-likeness (QED) is 0.298. The van der Waals surface area contributed by atoms with Gasteiger partial charge in [-0.25, -0.2) is 18.4 Å². The van der Waals surface area contributed by atoms with Crippen LogP contribution in [0.3, 0.4) is 0 Å². The number of aromatic amines is 1. The highest BCUT2D eigenvalue weighted by Crippen LogP contribution is 2.46. The summed E-state index contributed by atoms with van der Waals surface area (Å²) in [6.07, 6.45) is 12.1. The molecule has 1 amide bonds. The van der Waals surface area contributed by atoms with Gasteiger partial charge in [0.2, 0.25) is 0 Å². The minimum absolute atomic E-state index is 0.00175. The second-order valence-corrected chi connectivity index (χ2v) is 14.6. The fourth-order valence-electron chi connectivity index (χ4n) is 7.03. The lowest BCUT2D eigenvalue weighted by molar-refractivity contribution is 0.0562. The molecule has 3 aliphatic rings. The van der Waals surface area contributed by atoms with Gasteiger partial charge in [-0.3, -0.25) is 14.9 Å². The number of rotatable bonds is 5. The number of nitrogen functional groups attached to an aromatic ring is 1. The van der Waals surface area contributed by atoms with Crippen molar-refractivity contribution >= 4 is 38.5 Å². The molecule has 2 fully saturated rings. The average molecular weight is 617 g/mol. The molecule has 3 N–H and O–H groups in total. The van der Waals surface area contributed by atoms with Gasteiger partial charge in [0.1, 0.15) is 21.4 Å². The molecule has 1 aliphatic carbocycles. The Morgan fingerprint density at radius 2 is 1.91 bits per heavy atom. The number of hydrogen-bond acceptors (Lipinski definition) is 11. The Labute approximate surface area is 250 Å². The van der Waals surface area contributed by atoms with Crippen LogP contribution in [0.2, 0.25) is 0 Å². The third-order valence-electron chi connectivity index (χ3n) is 8.92. The zero-order chi connectivity index (χ0) is 29.5. The number of carbonyl (C=O) groups is 1. The van der Waals surface area contributed by atoms with Gasteiger partial charge in [-0.2, -0.15) is 9.61 Å². The summed E-state index contributed by atoms with van der Waals surface area (Å²) in [7, 11) is -3.74. The van der Waals surface area contributed by atoms with Gasteiger partial charge in [0.05, 0.1) is 29.5 Å². The van der Waals surface area contributed by atoms with Crippen LogP contribution >= 0.6 is 11.3 Å². The summed E-state index contributed by atoms with van der Waals surface area (Å²) in [5.41, 5.74) is 11.3. The Bertz CT molecular complexity index is 1960. The lowest BCUT2D eigenvalue weighted by atomic mass is 9.87. The summed E-state index contributed by atoms with van der Waals surface area (Å²) in [6.45, 7) is 0. The Hall–Kier alpha value is -4.24. The maximum atomic E-state index is 13.2. The summed E-state index contributed by atoms with van der Waals surface area (Å²) in [6, 6.07) is 3.79. The molecule has 43 heavy (non-hydrogen) atoms. The van der Waals surface area contributed by atoms with Crippen molar-refractivity contribution in [2.75, 3.05) is 12.0 Å². The van der Waals surface area contributed by atoms with E-state index in [0.717, 1.165) is 54.6 Å². The highest BCUT2D eigenvalue weighted by Gasteiger charge is 2.46. The maximum Gasteiger partial charge on any atom is 0.274 e. The molecule has 220 valence electrons. The van der Waals surface area contributed by atoms with Gasteiger partial charge in [-0.1, -0.05) is 11.3 Å². The number of thiazole rings is 1. The van der Waals surface area contributed by atoms with Gasteiger partial charge in [-0.05, 0) is 51.0 Å². The van der Waals surface area contributed by atoms with Crippen LogP contribution in [0.1, 0.15) is 64.8 Å². The molecular formula is C28H28N10O3S2. The van der Waals surface area contributed by atoms with Crippen molar-refractivity contribution in [3.05, 3.63) is 52.7 Å². The number of amides is 1. The molecule has 0 radical (unpaired) electrons. The summed E-state index contributed by atoms with van der Waals surface area (Å²) in [5.74, 6) is -0.308. The number of piperidine rings is 1. The number of hydrogen-bond donors (Lipinski definition) is 2. The first-order valence-corrected chi connectivity index (χ1v) is 17.0. The van der Waals surface area contributed by atoms with Crippen LogP contribution in [0.15, 0.2) is 35.6 Å². The van der Waals surface area contributed by atoms with Gasteiger partial charge in [0.25, 0.3) is 5.91 Å².